The highest BCUT2D eigenvalue weighted by molar-refractivity contribution is 5.84. The Labute approximate surface area is 147 Å². The zero-order valence-corrected chi connectivity index (χ0v) is 14.4. The molecule has 2 aromatic rings. The lowest BCUT2D eigenvalue weighted by molar-refractivity contribution is -0.118. The summed E-state index contributed by atoms with van der Waals surface area (Å²) in [4.78, 5) is 10.8. The molecule has 0 atom stereocenters. The maximum absolute atomic E-state index is 10.8. The summed E-state index contributed by atoms with van der Waals surface area (Å²) < 4.78 is 16.5. The van der Waals surface area contributed by atoms with Crippen LogP contribution in [0.4, 0.5) is 0 Å². The third-order valence-corrected chi connectivity index (χ3v) is 3.22. The Bertz CT molecular complexity index is 699. The largest absolute Gasteiger partial charge is 0.497 e. The Morgan fingerprint density at radius 2 is 1.72 bits per heavy atom. The molecule has 0 aliphatic carbocycles. The zero-order chi connectivity index (χ0) is 17.9. The molecule has 0 saturated carbocycles. The molecule has 0 bridgehead atoms. The van der Waals surface area contributed by atoms with E-state index in [9.17, 15) is 4.79 Å². The first-order chi connectivity index (χ1) is 12.2. The van der Waals surface area contributed by atoms with Crippen molar-refractivity contribution in [3.8, 4) is 17.2 Å². The summed E-state index contributed by atoms with van der Waals surface area (Å²) in [6.07, 6.45) is 2.30. The van der Waals surface area contributed by atoms with Crippen molar-refractivity contribution in [1.29, 1.82) is 0 Å². The van der Waals surface area contributed by atoms with Crippen LogP contribution in [0, 0.1) is 0 Å². The van der Waals surface area contributed by atoms with Crippen LogP contribution in [0.1, 0.15) is 18.9 Å². The smallest absolute Gasteiger partial charge is 0.236 e. The number of ether oxygens (including phenoxy) is 3. The average Bonchev–Trinajstić information content (AvgIpc) is 2.63. The summed E-state index contributed by atoms with van der Waals surface area (Å²) >= 11 is 0. The summed E-state index contributed by atoms with van der Waals surface area (Å²) in [5.41, 5.74) is 3.17. The Morgan fingerprint density at radius 1 is 1.04 bits per heavy atom. The number of methoxy groups -OCH3 is 1. The Morgan fingerprint density at radius 3 is 2.44 bits per heavy atom. The topological polar surface area (TPSA) is 69.2 Å². The third-order valence-electron chi connectivity index (χ3n) is 3.22. The van der Waals surface area contributed by atoms with Gasteiger partial charge in [0.2, 0.25) is 5.91 Å². The van der Waals surface area contributed by atoms with E-state index in [1.54, 1.807) is 13.3 Å². The number of nitrogens with zero attached hydrogens (tertiary/aromatic N) is 1. The fraction of sp³-hybridized carbons (Fsp3) is 0.263. The standard InChI is InChI=1S/C19H22N2O4/c1-15(22)21-20-14-16-6-3-4-7-19(16)25-13-5-12-24-18-10-8-17(23-2)9-11-18/h3-4,6-11,14H,5,12-13H2,1-2H3,(H,21,22). The van der Waals surface area contributed by atoms with E-state index < -0.39 is 0 Å². The van der Waals surface area contributed by atoms with Gasteiger partial charge in [0.05, 0.1) is 26.5 Å². The van der Waals surface area contributed by atoms with Crippen LogP contribution >= 0.6 is 0 Å². The van der Waals surface area contributed by atoms with Crippen molar-refractivity contribution in [3.05, 3.63) is 54.1 Å². The van der Waals surface area contributed by atoms with Crippen LogP contribution in [0.5, 0.6) is 17.2 Å². The van der Waals surface area contributed by atoms with Crippen molar-refractivity contribution in [2.45, 2.75) is 13.3 Å². The first kappa shape index (κ1) is 18.3. The van der Waals surface area contributed by atoms with Crippen LogP contribution in [0.2, 0.25) is 0 Å². The highest BCUT2D eigenvalue weighted by Crippen LogP contribution is 2.18. The van der Waals surface area contributed by atoms with Gasteiger partial charge >= 0.3 is 0 Å². The minimum atomic E-state index is -0.217. The predicted octanol–water partition coefficient (Wildman–Crippen LogP) is 3.01. The van der Waals surface area contributed by atoms with Crippen molar-refractivity contribution in [3.63, 3.8) is 0 Å². The van der Waals surface area contributed by atoms with Gasteiger partial charge in [0.15, 0.2) is 0 Å². The van der Waals surface area contributed by atoms with Gasteiger partial charge in [-0.1, -0.05) is 12.1 Å². The molecule has 6 heteroatoms. The molecule has 1 amide bonds. The minimum Gasteiger partial charge on any atom is -0.497 e. The van der Waals surface area contributed by atoms with E-state index in [1.807, 2.05) is 48.5 Å². The highest BCUT2D eigenvalue weighted by Gasteiger charge is 2.01. The fourth-order valence-corrected chi connectivity index (χ4v) is 2.01. The Kier molecular flexibility index (Phi) is 7.31. The van der Waals surface area contributed by atoms with Crippen LogP contribution in [0.15, 0.2) is 53.6 Å². The molecule has 2 rings (SSSR count). The molecule has 0 aromatic heterocycles. The van der Waals surface area contributed by atoms with Crippen molar-refractivity contribution in [2.24, 2.45) is 5.10 Å². The van der Waals surface area contributed by atoms with Gasteiger partial charge in [0, 0.05) is 18.9 Å². The van der Waals surface area contributed by atoms with E-state index in [0.717, 1.165) is 23.5 Å². The van der Waals surface area contributed by atoms with Crippen molar-refractivity contribution >= 4 is 12.1 Å². The van der Waals surface area contributed by atoms with Crippen LogP contribution in [-0.2, 0) is 4.79 Å². The molecular weight excluding hydrogens is 320 g/mol. The van der Waals surface area contributed by atoms with Gasteiger partial charge in [-0.3, -0.25) is 4.79 Å². The lowest BCUT2D eigenvalue weighted by Gasteiger charge is -2.10. The Hall–Kier alpha value is -3.02. The molecule has 2 aromatic carbocycles. The molecule has 0 saturated heterocycles. The molecule has 0 spiro atoms. The number of para-hydroxylation sites is 1. The van der Waals surface area contributed by atoms with Crippen molar-refractivity contribution in [2.75, 3.05) is 20.3 Å². The highest BCUT2D eigenvalue weighted by atomic mass is 16.5. The number of hydrogen-bond acceptors (Lipinski definition) is 5. The molecule has 0 radical (unpaired) electrons. The second-order valence-corrected chi connectivity index (χ2v) is 5.19. The van der Waals surface area contributed by atoms with Crippen molar-refractivity contribution in [1.82, 2.24) is 5.43 Å². The van der Waals surface area contributed by atoms with Gasteiger partial charge in [-0.25, -0.2) is 5.43 Å². The van der Waals surface area contributed by atoms with Gasteiger partial charge in [0.1, 0.15) is 17.2 Å². The monoisotopic (exact) mass is 342 g/mol. The Balaban J connectivity index is 1.75. The van der Waals surface area contributed by atoms with E-state index >= 15 is 0 Å². The minimum absolute atomic E-state index is 0.217. The molecule has 6 nitrogen and oxygen atoms in total. The summed E-state index contributed by atoms with van der Waals surface area (Å²) in [7, 11) is 1.63. The fourth-order valence-electron chi connectivity index (χ4n) is 2.01. The number of hydrogen-bond donors (Lipinski definition) is 1. The number of hydrazone groups is 1. The van der Waals surface area contributed by atoms with Crippen LogP contribution in [-0.4, -0.2) is 32.4 Å². The number of amides is 1. The second-order valence-electron chi connectivity index (χ2n) is 5.19. The molecule has 0 aliphatic rings. The van der Waals surface area contributed by atoms with Gasteiger partial charge in [-0.15, -0.1) is 0 Å². The van der Waals surface area contributed by atoms with Gasteiger partial charge in [0.25, 0.3) is 0 Å². The SMILES string of the molecule is COc1ccc(OCCCOc2ccccc2C=NNC(C)=O)cc1. The molecule has 25 heavy (non-hydrogen) atoms. The van der Waals surface area contributed by atoms with E-state index in [4.69, 9.17) is 14.2 Å². The molecule has 0 unspecified atom stereocenters. The summed E-state index contributed by atoms with van der Waals surface area (Å²) in [6, 6.07) is 15.0. The van der Waals surface area contributed by atoms with E-state index in [1.165, 1.54) is 6.92 Å². The maximum atomic E-state index is 10.8. The summed E-state index contributed by atoms with van der Waals surface area (Å²) in [5, 5.41) is 3.86. The number of carbonyl (C=O) groups is 1. The van der Waals surface area contributed by atoms with Gasteiger partial charge < -0.3 is 14.2 Å². The third kappa shape index (κ3) is 6.55. The quantitative estimate of drug-likeness (QED) is 0.432. The molecule has 1 N–H and O–H groups in total. The van der Waals surface area contributed by atoms with Crippen LogP contribution in [0.3, 0.4) is 0 Å². The van der Waals surface area contributed by atoms with E-state index in [2.05, 4.69) is 10.5 Å². The predicted molar refractivity (Wildman–Crippen MR) is 96.5 cm³/mol. The number of nitrogens with one attached hydrogen (secondary N) is 1. The summed E-state index contributed by atoms with van der Waals surface area (Å²) in [6.45, 7) is 2.47. The normalized spacial score (nSPS) is 10.5. The van der Waals surface area contributed by atoms with Gasteiger partial charge in [-0.2, -0.15) is 5.10 Å². The first-order valence-corrected chi connectivity index (χ1v) is 7.97. The lowest BCUT2D eigenvalue weighted by Crippen LogP contribution is -2.12. The van der Waals surface area contributed by atoms with Gasteiger partial charge in [-0.05, 0) is 36.4 Å². The zero-order valence-electron chi connectivity index (χ0n) is 14.4. The van der Waals surface area contributed by atoms with Crippen LogP contribution < -0.4 is 19.6 Å². The lowest BCUT2D eigenvalue weighted by atomic mass is 10.2. The summed E-state index contributed by atoms with van der Waals surface area (Å²) in [5.74, 6) is 2.09. The average molecular weight is 342 g/mol. The molecule has 0 aliphatic heterocycles. The molecule has 0 fully saturated rings. The number of rotatable bonds is 9. The van der Waals surface area contributed by atoms with Crippen LogP contribution in [0.25, 0.3) is 0 Å². The molecule has 0 heterocycles. The van der Waals surface area contributed by atoms with Crippen molar-refractivity contribution < 1.29 is 19.0 Å². The van der Waals surface area contributed by atoms with E-state index in [0.29, 0.717) is 19.0 Å². The van der Waals surface area contributed by atoms with E-state index in [-0.39, 0.29) is 5.91 Å². The number of carbonyl (C=O) groups excluding carboxylic acids is 1. The first-order valence-electron chi connectivity index (χ1n) is 7.97. The molecule has 132 valence electrons. The maximum Gasteiger partial charge on any atom is 0.236 e. The molecular formula is C19H22N2O4. The number of benzene rings is 2. The second kappa shape index (κ2) is 9.97.